The number of rotatable bonds is 3. The fourth-order valence-electron chi connectivity index (χ4n) is 3.05. The highest BCUT2D eigenvalue weighted by Crippen LogP contribution is 2.51. The molecule has 0 unspecified atom stereocenters. The molecule has 5 heteroatoms. The molecule has 1 amide bonds. The van der Waals surface area contributed by atoms with Crippen LogP contribution in [0.15, 0.2) is 48.7 Å². The third-order valence-corrected chi connectivity index (χ3v) is 5.31. The van der Waals surface area contributed by atoms with E-state index in [0.29, 0.717) is 15.7 Å². The van der Waals surface area contributed by atoms with Crippen molar-refractivity contribution in [1.82, 2.24) is 4.98 Å². The fourth-order valence-corrected chi connectivity index (χ4v) is 3.40. The highest BCUT2D eigenvalue weighted by molar-refractivity contribution is 6.44. The minimum absolute atomic E-state index is 0.0357. The first-order chi connectivity index (χ1) is 11.1. The maximum Gasteiger partial charge on any atom is 0.235 e. The molecule has 1 aliphatic carbocycles. The van der Waals surface area contributed by atoms with E-state index in [-0.39, 0.29) is 5.91 Å². The lowest BCUT2D eigenvalue weighted by Gasteiger charge is -2.16. The summed E-state index contributed by atoms with van der Waals surface area (Å²) in [5, 5.41) is 4.84. The van der Waals surface area contributed by atoms with Gasteiger partial charge in [-0.1, -0.05) is 47.5 Å². The van der Waals surface area contributed by atoms with Crippen LogP contribution in [-0.2, 0) is 10.2 Å². The van der Waals surface area contributed by atoms with Gasteiger partial charge in [0, 0.05) is 17.1 Å². The topological polar surface area (TPSA) is 44.9 Å². The largest absolute Gasteiger partial charge is 0.361 e. The molecule has 4 rings (SSSR count). The number of hydrogen-bond donors (Lipinski definition) is 2. The van der Waals surface area contributed by atoms with E-state index in [9.17, 15) is 4.79 Å². The van der Waals surface area contributed by atoms with E-state index in [1.165, 1.54) is 0 Å². The molecule has 116 valence electrons. The molecule has 1 heterocycles. The van der Waals surface area contributed by atoms with Gasteiger partial charge in [-0.25, -0.2) is 0 Å². The maximum absolute atomic E-state index is 12.9. The fraction of sp³-hybridized carbons (Fsp3) is 0.167. The first-order valence-electron chi connectivity index (χ1n) is 7.44. The van der Waals surface area contributed by atoms with Crippen LogP contribution < -0.4 is 5.32 Å². The second kappa shape index (κ2) is 5.29. The van der Waals surface area contributed by atoms with Crippen molar-refractivity contribution in [3.05, 3.63) is 64.3 Å². The van der Waals surface area contributed by atoms with Gasteiger partial charge in [-0.2, -0.15) is 0 Å². The number of aromatic amines is 1. The number of nitrogens with one attached hydrogen (secondary N) is 2. The molecule has 3 nitrogen and oxygen atoms in total. The Hall–Kier alpha value is -1.97. The van der Waals surface area contributed by atoms with Gasteiger partial charge in [0.25, 0.3) is 0 Å². The summed E-state index contributed by atoms with van der Waals surface area (Å²) in [5.41, 5.74) is 2.16. The second-order valence-electron chi connectivity index (χ2n) is 5.89. The average Bonchev–Trinajstić information content (AvgIpc) is 3.25. The molecule has 1 aliphatic rings. The van der Waals surface area contributed by atoms with E-state index in [2.05, 4.69) is 10.3 Å². The molecular weight excluding hydrogens is 331 g/mol. The smallest absolute Gasteiger partial charge is 0.235 e. The van der Waals surface area contributed by atoms with E-state index in [1.54, 1.807) is 18.2 Å². The molecule has 0 radical (unpaired) electrons. The van der Waals surface area contributed by atoms with Gasteiger partial charge in [-0.3, -0.25) is 4.79 Å². The van der Waals surface area contributed by atoms with Crippen LogP contribution in [0.2, 0.25) is 10.0 Å². The number of benzene rings is 2. The van der Waals surface area contributed by atoms with Crippen molar-refractivity contribution in [1.29, 1.82) is 0 Å². The maximum atomic E-state index is 12.9. The molecule has 2 N–H and O–H groups in total. The van der Waals surface area contributed by atoms with Crippen LogP contribution in [0.25, 0.3) is 10.9 Å². The van der Waals surface area contributed by atoms with Crippen molar-refractivity contribution in [2.24, 2.45) is 0 Å². The molecule has 2 aromatic carbocycles. The van der Waals surface area contributed by atoms with Crippen LogP contribution in [0.1, 0.15) is 18.4 Å². The molecule has 1 saturated carbocycles. The zero-order chi connectivity index (χ0) is 16.0. The Bertz CT molecular complexity index is 912. The summed E-state index contributed by atoms with van der Waals surface area (Å²) < 4.78 is 0. The number of halogens is 2. The normalized spacial score (nSPS) is 15.6. The lowest BCUT2D eigenvalue weighted by atomic mass is 9.94. The molecule has 0 saturated heterocycles. The van der Waals surface area contributed by atoms with E-state index in [4.69, 9.17) is 23.2 Å². The van der Waals surface area contributed by atoms with Crippen molar-refractivity contribution in [3.63, 3.8) is 0 Å². The standard InChI is InChI=1S/C18H14Cl2N2O/c19-13-5-3-7-15(16(13)20)22-17(23)18(8-9-18)12-10-21-14-6-2-1-4-11(12)14/h1-7,10,21H,8-9H2,(H,22,23). The first-order valence-corrected chi connectivity index (χ1v) is 8.19. The number of fused-ring (bicyclic) bond motifs is 1. The lowest BCUT2D eigenvalue weighted by Crippen LogP contribution is -2.27. The summed E-state index contributed by atoms with van der Waals surface area (Å²) in [7, 11) is 0. The number of carbonyl (C=O) groups excluding carboxylic acids is 1. The number of hydrogen-bond acceptors (Lipinski definition) is 1. The van der Waals surface area contributed by atoms with Gasteiger partial charge in [0.1, 0.15) is 0 Å². The number of para-hydroxylation sites is 1. The summed E-state index contributed by atoms with van der Waals surface area (Å²) in [5.74, 6) is -0.0357. The predicted octanol–water partition coefficient (Wildman–Crippen LogP) is 5.15. The highest BCUT2D eigenvalue weighted by Gasteiger charge is 2.52. The average molecular weight is 345 g/mol. The highest BCUT2D eigenvalue weighted by atomic mass is 35.5. The van der Waals surface area contributed by atoms with Crippen molar-refractivity contribution >= 4 is 45.7 Å². The number of carbonyl (C=O) groups is 1. The Labute approximate surface area is 143 Å². The third kappa shape index (κ3) is 2.32. The Kier molecular flexibility index (Phi) is 3.36. The summed E-state index contributed by atoms with van der Waals surface area (Å²) in [6.45, 7) is 0. The van der Waals surface area contributed by atoms with Gasteiger partial charge in [-0.05, 0) is 36.6 Å². The predicted molar refractivity (Wildman–Crippen MR) is 94.3 cm³/mol. The lowest BCUT2D eigenvalue weighted by molar-refractivity contribution is -0.118. The number of anilines is 1. The second-order valence-corrected chi connectivity index (χ2v) is 6.67. The summed E-state index contributed by atoms with van der Waals surface area (Å²) in [4.78, 5) is 16.1. The monoisotopic (exact) mass is 344 g/mol. The van der Waals surface area contributed by atoms with Gasteiger partial charge in [0.15, 0.2) is 0 Å². The van der Waals surface area contributed by atoms with Crippen LogP contribution in [0, 0.1) is 0 Å². The molecule has 3 aromatic rings. The Morgan fingerprint density at radius 2 is 1.87 bits per heavy atom. The van der Waals surface area contributed by atoms with Crippen LogP contribution >= 0.6 is 23.2 Å². The Morgan fingerprint density at radius 1 is 1.09 bits per heavy atom. The SMILES string of the molecule is O=C(Nc1cccc(Cl)c1Cl)C1(c2c[nH]c3ccccc23)CC1. The van der Waals surface area contributed by atoms with Gasteiger partial charge >= 0.3 is 0 Å². The third-order valence-electron chi connectivity index (χ3n) is 4.49. The summed E-state index contributed by atoms with van der Waals surface area (Å²) in [6, 6.07) is 13.3. The Balaban J connectivity index is 1.69. The summed E-state index contributed by atoms with van der Waals surface area (Å²) >= 11 is 12.2. The van der Waals surface area contributed by atoms with Crippen molar-refractivity contribution in [3.8, 4) is 0 Å². The van der Waals surface area contributed by atoms with Gasteiger partial charge in [-0.15, -0.1) is 0 Å². The summed E-state index contributed by atoms with van der Waals surface area (Å²) in [6.07, 6.45) is 3.61. The van der Waals surface area contributed by atoms with Crippen molar-refractivity contribution in [2.45, 2.75) is 18.3 Å². The van der Waals surface area contributed by atoms with E-state index < -0.39 is 5.41 Å². The van der Waals surface area contributed by atoms with Crippen molar-refractivity contribution < 1.29 is 4.79 Å². The van der Waals surface area contributed by atoms with Gasteiger partial charge in [0.05, 0.1) is 21.1 Å². The molecule has 0 atom stereocenters. The number of aromatic nitrogens is 1. The minimum Gasteiger partial charge on any atom is -0.361 e. The zero-order valence-corrected chi connectivity index (χ0v) is 13.7. The molecule has 0 aliphatic heterocycles. The quantitative estimate of drug-likeness (QED) is 0.678. The van der Waals surface area contributed by atoms with E-state index in [0.717, 1.165) is 29.3 Å². The van der Waals surface area contributed by atoms with Crippen LogP contribution in [-0.4, -0.2) is 10.9 Å². The minimum atomic E-state index is -0.481. The zero-order valence-electron chi connectivity index (χ0n) is 12.2. The number of H-pyrrole nitrogens is 1. The Morgan fingerprint density at radius 3 is 2.65 bits per heavy atom. The van der Waals surface area contributed by atoms with Crippen LogP contribution in [0.4, 0.5) is 5.69 Å². The van der Waals surface area contributed by atoms with Crippen molar-refractivity contribution in [2.75, 3.05) is 5.32 Å². The number of amides is 1. The first kappa shape index (κ1) is 14.6. The molecule has 1 fully saturated rings. The van der Waals surface area contributed by atoms with Crippen LogP contribution in [0.3, 0.4) is 0 Å². The molecule has 23 heavy (non-hydrogen) atoms. The van der Waals surface area contributed by atoms with Crippen LogP contribution in [0.5, 0.6) is 0 Å². The van der Waals surface area contributed by atoms with Gasteiger partial charge < -0.3 is 10.3 Å². The van der Waals surface area contributed by atoms with E-state index in [1.807, 2.05) is 30.5 Å². The molecule has 1 aromatic heterocycles. The van der Waals surface area contributed by atoms with E-state index >= 15 is 0 Å². The molecular formula is C18H14Cl2N2O. The van der Waals surface area contributed by atoms with Gasteiger partial charge in [0.2, 0.25) is 5.91 Å². The molecule has 0 bridgehead atoms. The molecule has 0 spiro atoms.